The lowest BCUT2D eigenvalue weighted by atomic mass is 9.88. The summed E-state index contributed by atoms with van der Waals surface area (Å²) >= 11 is 1.61. The van der Waals surface area contributed by atoms with Gasteiger partial charge in [0.1, 0.15) is 6.54 Å². The van der Waals surface area contributed by atoms with E-state index in [4.69, 9.17) is 5.73 Å². The Balaban J connectivity index is 0.000000218. The first-order valence-electron chi connectivity index (χ1n) is 11.8. The molecule has 0 bridgehead atoms. The molecule has 1 atom stereocenters. The molecule has 188 valence electrons. The Labute approximate surface area is 207 Å². The van der Waals surface area contributed by atoms with Gasteiger partial charge in [-0.05, 0) is 37.8 Å². The summed E-state index contributed by atoms with van der Waals surface area (Å²) in [6.07, 6.45) is 2.32. The van der Waals surface area contributed by atoms with Crippen LogP contribution in [0.4, 0.5) is 13.2 Å². The molecule has 6 nitrogen and oxygen atoms in total. The number of halogens is 3. The summed E-state index contributed by atoms with van der Waals surface area (Å²) in [7, 11) is 0. The molecule has 0 spiro atoms. The molecule has 1 unspecified atom stereocenters. The number of fused-ring (bicyclic) bond motifs is 1. The molecule has 1 N–H and O–H groups in total. The van der Waals surface area contributed by atoms with Crippen LogP contribution < -0.4 is 0 Å². The second kappa shape index (κ2) is 10.9. The fourth-order valence-corrected chi connectivity index (χ4v) is 5.41. The third-order valence-electron chi connectivity index (χ3n) is 6.57. The number of piperidine rings is 1. The highest BCUT2D eigenvalue weighted by atomic mass is 32.1. The van der Waals surface area contributed by atoms with E-state index in [-0.39, 0.29) is 18.5 Å². The van der Waals surface area contributed by atoms with Crippen LogP contribution in [0.25, 0.3) is 5.73 Å². The van der Waals surface area contributed by atoms with Crippen molar-refractivity contribution < 1.29 is 18.0 Å². The first kappa shape index (κ1) is 25.4. The number of aromatic nitrogens is 3. The second-order valence-corrected chi connectivity index (χ2v) is 9.92. The van der Waals surface area contributed by atoms with E-state index in [9.17, 15) is 18.0 Å². The van der Waals surface area contributed by atoms with Crippen molar-refractivity contribution in [3.8, 4) is 0 Å². The Morgan fingerprint density at radius 1 is 1.20 bits per heavy atom. The van der Waals surface area contributed by atoms with Crippen LogP contribution in [-0.2, 0) is 23.9 Å². The Morgan fingerprint density at radius 3 is 2.57 bits per heavy atom. The van der Waals surface area contributed by atoms with E-state index in [1.807, 2.05) is 11.4 Å². The summed E-state index contributed by atoms with van der Waals surface area (Å²) in [5.41, 5.74) is 9.75. The van der Waals surface area contributed by atoms with Gasteiger partial charge in [0, 0.05) is 36.3 Å². The molecule has 10 heteroatoms. The highest BCUT2D eigenvalue weighted by Crippen LogP contribution is 2.32. The first-order valence-corrected chi connectivity index (χ1v) is 12.7. The first-order chi connectivity index (χ1) is 16.7. The molecule has 1 fully saturated rings. The SMILES string of the molecule is Cc1cc(C(F)(F)F)nn1CC(=O)N1CCC(c2nccs2)CC1.[NH-]C1CCCc2ccccc21. The highest BCUT2D eigenvalue weighted by Gasteiger charge is 2.35. The van der Waals surface area contributed by atoms with Gasteiger partial charge in [-0.2, -0.15) is 18.3 Å². The number of hydrogen-bond donors (Lipinski definition) is 0. The number of thiazole rings is 1. The summed E-state index contributed by atoms with van der Waals surface area (Å²) in [5.74, 6) is 0.157. The number of carbonyl (C=O) groups is 1. The van der Waals surface area contributed by atoms with Crippen molar-refractivity contribution in [1.82, 2.24) is 19.7 Å². The minimum atomic E-state index is -4.49. The lowest BCUT2D eigenvalue weighted by molar-refractivity contribution is -0.142. The van der Waals surface area contributed by atoms with Crippen LogP contribution in [0.15, 0.2) is 41.9 Å². The van der Waals surface area contributed by atoms with E-state index < -0.39 is 11.9 Å². The summed E-state index contributed by atoms with van der Waals surface area (Å²) in [6.45, 7) is 2.54. The average molecular weight is 505 g/mol. The number of nitrogens with one attached hydrogen (secondary N) is 1. The second-order valence-electron chi connectivity index (χ2n) is 9.00. The third kappa shape index (κ3) is 6.29. The molecule has 1 aliphatic heterocycles. The topological polar surface area (TPSA) is 74.8 Å². The summed E-state index contributed by atoms with van der Waals surface area (Å²) in [5, 5.41) is 6.53. The molecular formula is C25H29F3N5OS-. The van der Waals surface area contributed by atoms with Gasteiger partial charge in [-0.1, -0.05) is 42.7 Å². The van der Waals surface area contributed by atoms with E-state index >= 15 is 0 Å². The Kier molecular flexibility index (Phi) is 7.91. The van der Waals surface area contributed by atoms with Crippen LogP contribution in [0.2, 0.25) is 0 Å². The average Bonchev–Trinajstić information content (AvgIpc) is 3.50. The van der Waals surface area contributed by atoms with Crippen molar-refractivity contribution in [3.63, 3.8) is 0 Å². The maximum absolute atomic E-state index is 12.7. The van der Waals surface area contributed by atoms with Crippen LogP contribution in [-0.4, -0.2) is 38.7 Å². The molecule has 3 heterocycles. The van der Waals surface area contributed by atoms with Crippen molar-refractivity contribution in [3.05, 3.63) is 75.2 Å². The minimum Gasteiger partial charge on any atom is -0.671 e. The fourth-order valence-electron chi connectivity index (χ4n) is 4.60. The van der Waals surface area contributed by atoms with Crippen LogP contribution in [0, 0.1) is 6.92 Å². The summed E-state index contributed by atoms with van der Waals surface area (Å²) < 4.78 is 39.1. The quantitative estimate of drug-likeness (QED) is 0.427. The molecule has 1 saturated heterocycles. The van der Waals surface area contributed by atoms with E-state index in [2.05, 4.69) is 28.3 Å². The van der Waals surface area contributed by atoms with Crippen molar-refractivity contribution in [2.24, 2.45) is 0 Å². The number of alkyl halides is 3. The zero-order chi connectivity index (χ0) is 25.0. The molecule has 1 amide bonds. The lowest BCUT2D eigenvalue weighted by Crippen LogP contribution is -2.40. The summed E-state index contributed by atoms with van der Waals surface area (Å²) in [4.78, 5) is 18.3. The van der Waals surface area contributed by atoms with Gasteiger partial charge in [0.15, 0.2) is 5.69 Å². The molecule has 1 aromatic carbocycles. The van der Waals surface area contributed by atoms with Gasteiger partial charge in [-0.15, -0.1) is 17.4 Å². The smallest absolute Gasteiger partial charge is 0.435 e. The van der Waals surface area contributed by atoms with Gasteiger partial charge >= 0.3 is 6.18 Å². The predicted octanol–water partition coefficient (Wildman–Crippen LogP) is 6.19. The number of hydrogen-bond acceptors (Lipinski definition) is 4. The maximum Gasteiger partial charge on any atom is 0.435 e. The van der Waals surface area contributed by atoms with Crippen LogP contribution in [0.1, 0.15) is 65.2 Å². The minimum absolute atomic E-state index is 0.0416. The molecule has 3 aromatic rings. The predicted molar refractivity (Wildman–Crippen MR) is 129 cm³/mol. The van der Waals surface area contributed by atoms with Crippen LogP contribution >= 0.6 is 11.3 Å². The van der Waals surface area contributed by atoms with Gasteiger partial charge in [-0.25, -0.2) is 4.98 Å². The third-order valence-corrected chi connectivity index (χ3v) is 7.51. The lowest BCUT2D eigenvalue weighted by Gasteiger charge is -2.31. The molecule has 35 heavy (non-hydrogen) atoms. The van der Waals surface area contributed by atoms with Gasteiger partial charge in [0.25, 0.3) is 0 Å². The van der Waals surface area contributed by atoms with Gasteiger partial charge in [0.05, 0.1) is 5.01 Å². The number of nitrogens with zero attached hydrogens (tertiary/aromatic N) is 4. The van der Waals surface area contributed by atoms with E-state index in [0.29, 0.717) is 24.7 Å². The van der Waals surface area contributed by atoms with E-state index in [1.165, 1.54) is 30.9 Å². The molecular weight excluding hydrogens is 475 g/mol. The largest absolute Gasteiger partial charge is 0.671 e. The van der Waals surface area contributed by atoms with Gasteiger partial charge < -0.3 is 10.6 Å². The molecule has 2 aromatic heterocycles. The van der Waals surface area contributed by atoms with Crippen LogP contribution in [0.5, 0.6) is 0 Å². The number of rotatable bonds is 3. The standard InChI is InChI=1S/C15H17F3N4OS.C10H12N/c1-10-8-12(15(16,17)18)20-22(10)9-13(23)21-5-2-11(3-6-21)14-19-4-7-24-14;11-10-7-3-5-8-4-1-2-6-9(8)10/h4,7-8,11H,2-3,5-6,9H2,1H3;1-2,4,6,10-11H,3,5,7H2/q;-1. The van der Waals surface area contributed by atoms with Crippen molar-refractivity contribution in [2.45, 2.75) is 63.7 Å². The van der Waals surface area contributed by atoms with Crippen molar-refractivity contribution >= 4 is 17.2 Å². The Morgan fingerprint density at radius 2 is 1.94 bits per heavy atom. The molecule has 1 aliphatic carbocycles. The van der Waals surface area contributed by atoms with Gasteiger partial charge in [-0.3, -0.25) is 9.48 Å². The number of likely N-dealkylation sites (tertiary alicyclic amines) is 1. The summed E-state index contributed by atoms with van der Waals surface area (Å²) in [6, 6.07) is 9.34. The number of amides is 1. The van der Waals surface area contributed by atoms with E-state index in [1.54, 1.807) is 22.4 Å². The zero-order valence-corrected chi connectivity index (χ0v) is 20.4. The normalized spacial score (nSPS) is 18.5. The molecule has 0 radical (unpaired) electrons. The van der Waals surface area contributed by atoms with Crippen LogP contribution in [0.3, 0.4) is 0 Å². The highest BCUT2D eigenvalue weighted by molar-refractivity contribution is 7.09. The number of carbonyl (C=O) groups excluding carboxylic acids is 1. The monoisotopic (exact) mass is 504 g/mol. The van der Waals surface area contributed by atoms with Crippen molar-refractivity contribution in [1.29, 1.82) is 0 Å². The van der Waals surface area contributed by atoms with E-state index in [0.717, 1.165) is 35.0 Å². The molecule has 2 aliphatic rings. The molecule has 5 rings (SSSR count). The molecule has 0 saturated carbocycles. The Hall–Kier alpha value is -2.72. The number of aryl methyl sites for hydroxylation is 2. The fraction of sp³-hybridized carbons (Fsp3) is 0.480. The Bertz CT molecular complexity index is 1120. The number of benzene rings is 1. The van der Waals surface area contributed by atoms with Gasteiger partial charge in [0.2, 0.25) is 5.91 Å². The maximum atomic E-state index is 12.7. The van der Waals surface area contributed by atoms with Crippen molar-refractivity contribution in [2.75, 3.05) is 13.1 Å². The zero-order valence-electron chi connectivity index (χ0n) is 19.6.